The van der Waals surface area contributed by atoms with Gasteiger partial charge in [-0.3, -0.25) is 0 Å². The number of aryl methyl sites for hydroxylation is 1. The molecule has 0 aliphatic carbocycles. The Morgan fingerprint density at radius 3 is 1.62 bits per heavy atom. The molecule has 0 unspecified atom stereocenters. The molecule has 3 heteroatoms. The van der Waals surface area contributed by atoms with E-state index in [4.69, 9.17) is 4.74 Å². The Morgan fingerprint density at radius 2 is 1.00 bits per heavy atom. The average Bonchev–Trinajstić information content (AvgIpc) is 3.08. The molecule has 0 radical (unpaired) electrons. The number of nitrogens with one attached hydrogen (secondary N) is 1. The van der Waals surface area contributed by atoms with Crippen LogP contribution in [0.5, 0.6) is 17.2 Å². The lowest BCUT2D eigenvalue weighted by Gasteiger charge is -2.46. The van der Waals surface area contributed by atoms with Crippen LogP contribution >= 0.6 is 0 Å². The number of hydrogen-bond donors (Lipinski definition) is 2. The normalized spacial score (nSPS) is 14.1. The van der Waals surface area contributed by atoms with Crippen molar-refractivity contribution in [3.05, 3.63) is 161 Å². The second kappa shape index (κ2) is 8.64. The molecule has 0 saturated carbocycles. The van der Waals surface area contributed by atoms with Crippen LogP contribution < -0.4 is 10.1 Å². The summed E-state index contributed by atoms with van der Waals surface area (Å²) in [6.45, 7) is 2.18. The maximum Gasteiger partial charge on any atom is 0.140 e. The van der Waals surface area contributed by atoms with Gasteiger partial charge in [-0.25, -0.2) is 0 Å². The summed E-state index contributed by atoms with van der Waals surface area (Å²) in [7, 11) is 0. The topological polar surface area (TPSA) is 41.5 Å². The van der Waals surface area contributed by atoms with Crippen molar-refractivity contribution in [3.8, 4) is 17.2 Å². The van der Waals surface area contributed by atoms with Gasteiger partial charge in [0, 0.05) is 38.7 Å². The Kier molecular flexibility index (Phi) is 4.73. The molecule has 10 rings (SSSR count). The third-order valence-corrected chi connectivity index (χ3v) is 10.1. The van der Waals surface area contributed by atoms with Crippen molar-refractivity contribution in [2.45, 2.75) is 12.3 Å². The van der Waals surface area contributed by atoms with Gasteiger partial charge in [-0.1, -0.05) is 115 Å². The summed E-state index contributed by atoms with van der Waals surface area (Å²) in [4.78, 5) is 0. The number of rotatable bonds is 0. The van der Waals surface area contributed by atoms with E-state index in [-0.39, 0.29) is 5.75 Å². The highest BCUT2D eigenvalue weighted by Crippen LogP contribution is 2.63. The van der Waals surface area contributed by atoms with Crippen molar-refractivity contribution in [2.75, 3.05) is 5.32 Å². The molecule has 2 aliphatic heterocycles. The Hall–Kier alpha value is -5.80. The number of para-hydroxylation sites is 2. The van der Waals surface area contributed by atoms with Gasteiger partial charge in [0.2, 0.25) is 0 Å². The Balaban J connectivity index is 1.48. The van der Waals surface area contributed by atoms with Crippen LogP contribution in [0.4, 0.5) is 11.4 Å². The Morgan fingerprint density at radius 1 is 0.511 bits per heavy atom. The third kappa shape index (κ3) is 3.05. The first-order valence-electron chi connectivity index (χ1n) is 15.4. The molecular formula is C42H27NO2. The summed E-state index contributed by atoms with van der Waals surface area (Å²) in [6, 6.07) is 47.1. The first kappa shape index (κ1) is 24.6. The number of ether oxygens (including phenoxy) is 1. The molecule has 0 fully saturated rings. The fourth-order valence-electron chi connectivity index (χ4n) is 8.26. The second-order valence-electron chi connectivity index (χ2n) is 12.3. The van der Waals surface area contributed by atoms with Gasteiger partial charge in [0.1, 0.15) is 17.2 Å². The zero-order chi connectivity index (χ0) is 29.9. The lowest BCUT2D eigenvalue weighted by molar-refractivity contribution is 0.445. The molecule has 3 nitrogen and oxygen atoms in total. The minimum atomic E-state index is -0.658. The summed E-state index contributed by atoms with van der Waals surface area (Å²) < 4.78 is 7.36. The van der Waals surface area contributed by atoms with Gasteiger partial charge < -0.3 is 15.2 Å². The van der Waals surface area contributed by atoms with E-state index < -0.39 is 5.41 Å². The maximum absolute atomic E-state index is 11.1. The van der Waals surface area contributed by atoms with Crippen molar-refractivity contribution < 1.29 is 9.84 Å². The molecule has 8 aromatic carbocycles. The predicted octanol–water partition coefficient (Wildman–Crippen LogP) is 10.9. The van der Waals surface area contributed by atoms with Gasteiger partial charge in [-0.2, -0.15) is 0 Å². The molecule has 2 aliphatic rings. The lowest BCUT2D eigenvalue weighted by atomic mass is 9.61. The van der Waals surface area contributed by atoms with Crippen LogP contribution in [-0.2, 0) is 5.41 Å². The number of hydrogen-bond acceptors (Lipinski definition) is 3. The number of phenolic OH excluding ortho intramolecular Hbond substituents is 1. The van der Waals surface area contributed by atoms with Crippen LogP contribution in [0, 0.1) is 6.92 Å². The molecule has 2 N–H and O–H groups in total. The zero-order valence-corrected chi connectivity index (χ0v) is 24.6. The summed E-state index contributed by atoms with van der Waals surface area (Å²) in [5, 5.41) is 23.2. The molecule has 0 saturated heterocycles. The minimum Gasteiger partial charge on any atom is -0.507 e. The smallest absolute Gasteiger partial charge is 0.140 e. The second-order valence-corrected chi connectivity index (χ2v) is 12.3. The largest absolute Gasteiger partial charge is 0.507 e. The molecule has 2 heterocycles. The molecule has 0 bridgehead atoms. The van der Waals surface area contributed by atoms with E-state index in [9.17, 15) is 5.11 Å². The molecule has 0 amide bonds. The average molecular weight is 578 g/mol. The van der Waals surface area contributed by atoms with Crippen LogP contribution in [-0.4, -0.2) is 5.11 Å². The summed E-state index contributed by atoms with van der Waals surface area (Å²) >= 11 is 0. The monoisotopic (exact) mass is 577 g/mol. The number of fused-ring (bicyclic) bond motifs is 16. The number of anilines is 2. The first-order chi connectivity index (χ1) is 22.1. The minimum absolute atomic E-state index is 0.272. The Labute approximate surface area is 260 Å². The highest BCUT2D eigenvalue weighted by molar-refractivity contribution is 6.16. The number of aromatic hydroxyl groups is 1. The van der Waals surface area contributed by atoms with Crippen LogP contribution in [0.1, 0.15) is 27.8 Å². The van der Waals surface area contributed by atoms with Gasteiger partial charge in [0.15, 0.2) is 0 Å². The molecule has 45 heavy (non-hydrogen) atoms. The van der Waals surface area contributed by atoms with E-state index in [2.05, 4.69) is 121 Å². The third-order valence-electron chi connectivity index (χ3n) is 10.1. The van der Waals surface area contributed by atoms with Crippen LogP contribution in [0.2, 0.25) is 0 Å². The van der Waals surface area contributed by atoms with Crippen LogP contribution in [0.15, 0.2) is 133 Å². The van der Waals surface area contributed by atoms with Gasteiger partial charge in [-0.15, -0.1) is 0 Å². The highest BCUT2D eigenvalue weighted by Gasteiger charge is 2.50. The molecule has 212 valence electrons. The maximum atomic E-state index is 11.1. The summed E-state index contributed by atoms with van der Waals surface area (Å²) in [5.41, 5.74) is 7.35. The molecule has 0 atom stereocenters. The van der Waals surface area contributed by atoms with Gasteiger partial charge in [0.05, 0.1) is 5.41 Å². The lowest BCUT2D eigenvalue weighted by Crippen LogP contribution is -2.37. The van der Waals surface area contributed by atoms with Crippen molar-refractivity contribution in [2.24, 2.45) is 0 Å². The van der Waals surface area contributed by atoms with Gasteiger partial charge in [-0.05, 0) is 68.7 Å². The fourth-order valence-corrected chi connectivity index (χ4v) is 8.26. The van der Waals surface area contributed by atoms with Gasteiger partial charge >= 0.3 is 0 Å². The van der Waals surface area contributed by atoms with E-state index >= 15 is 0 Å². The van der Waals surface area contributed by atoms with E-state index in [0.717, 1.165) is 66.3 Å². The highest BCUT2D eigenvalue weighted by atomic mass is 16.5. The van der Waals surface area contributed by atoms with Crippen LogP contribution in [0.25, 0.3) is 43.1 Å². The first-order valence-corrected chi connectivity index (χ1v) is 15.4. The van der Waals surface area contributed by atoms with Gasteiger partial charge in [0.25, 0.3) is 0 Å². The molecule has 0 aromatic heterocycles. The van der Waals surface area contributed by atoms with Crippen molar-refractivity contribution in [1.29, 1.82) is 0 Å². The number of phenols is 1. The number of benzene rings is 8. The summed E-state index contributed by atoms with van der Waals surface area (Å²) in [6.07, 6.45) is 0. The van der Waals surface area contributed by atoms with E-state index in [1.54, 1.807) is 0 Å². The van der Waals surface area contributed by atoms with Crippen molar-refractivity contribution >= 4 is 54.5 Å². The predicted molar refractivity (Wildman–Crippen MR) is 185 cm³/mol. The van der Waals surface area contributed by atoms with Crippen LogP contribution in [0.3, 0.4) is 0 Å². The summed E-state index contributed by atoms with van der Waals surface area (Å²) in [5.74, 6) is 1.99. The Bertz CT molecular complexity index is 2400. The molecule has 8 aromatic rings. The molecular weight excluding hydrogens is 550 g/mol. The van der Waals surface area contributed by atoms with E-state index in [1.165, 1.54) is 27.5 Å². The van der Waals surface area contributed by atoms with Crippen molar-refractivity contribution in [1.82, 2.24) is 0 Å². The fraction of sp³-hybridized carbons (Fsp3) is 0.0476. The van der Waals surface area contributed by atoms with E-state index in [0.29, 0.717) is 0 Å². The quantitative estimate of drug-likeness (QED) is 0.176. The zero-order valence-electron chi connectivity index (χ0n) is 24.6. The molecule has 1 spiro atoms. The van der Waals surface area contributed by atoms with E-state index in [1.807, 2.05) is 24.3 Å². The SMILES string of the molecule is Cc1cc2ccc3c(c2c2ccccc12)Oc1c(ccc2cc(O)c4ccccc4c12)C31c2ccccc2Nc2ccccc21. The van der Waals surface area contributed by atoms with Crippen molar-refractivity contribution in [3.63, 3.8) is 0 Å². The standard InChI is InChI=1S/C42H27NO2/c1-24-22-25-18-20-33-40(38(25)29-12-4-2-10-27(24)29)45-41-34(21-19-26-23-37(44)28-11-3-5-13-30(28)39(26)41)42(33)31-14-6-8-16-35(31)43-36-17-9-7-15-32(36)42/h2-23,43-44H,1H3.